The number of aromatic hydroxyl groups is 1. The van der Waals surface area contributed by atoms with E-state index in [1.54, 1.807) is 45.9 Å². The zero-order valence-corrected chi connectivity index (χ0v) is 15.1. The van der Waals surface area contributed by atoms with Gasteiger partial charge in [-0.3, -0.25) is 4.79 Å². The average Bonchev–Trinajstić information content (AvgIpc) is 2.97. The standard InChI is InChI=1S/C15H19NO4S3/c1-2-22-23-8-7-13(18)16-11(15(19)20)9-21-14(16)10-5-3-4-6-12(10)17/h3-6,11,14,17H,2,7-9H2,1H3,(H,19,20)/t11-,14?/m0/s1. The fourth-order valence-electron chi connectivity index (χ4n) is 2.34. The Hall–Kier alpha value is -0.990. The molecule has 0 spiro atoms. The monoisotopic (exact) mass is 373 g/mol. The molecule has 2 N–H and O–H groups in total. The van der Waals surface area contributed by atoms with E-state index in [0.717, 1.165) is 5.75 Å². The lowest BCUT2D eigenvalue weighted by molar-refractivity contribution is -0.149. The fourth-order valence-corrected chi connectivity index (χ4v) is 5.46. The van der Waals surface area contributed by atoms with Gasteiger partial charge in [-0.25, -0.2) is 4.79 Å². The predicted molar refractivity (Wildman–Crippen MR) is 96.8 cm³/mol. The van der Waals surface area contributed by atoms with Crippen LogP contribution in [0.3, 0.4) is 0 Å². The molecular formula is C15H19NO4S3. The van der Waals surface area contributed by atoms with Gasteiger partial charge in [0.15, 0.2) is 0 Å². The molecule has 5 nitrogen and oxygen atoms in total. The molecule has 1 amide bonds. The van der Waals surface area contributed by atoms with Crippen LogP contribution in [0.25, 0.3) is 0 Å². The second-order valence-electron chi connectivity index (χ2n) is 4.88. The number of benzene rings is 1. The number of carboxylic acids is 1. The van der Waals surface area contributed by atoms with Gasteiger partial charge in [0.05, 0.1) is 0 Å². The molecule has 2 rings (SSSR count). The highest BCUT2D eigenvalue weighted by Gasteiger charge is 2.42. The first-order valence-corrected chi connectivity index (χ1v) is 10.8. The summed E-state index contributed by atoms with van der Waals surface area (Å²) in [5, 5.41) is 19.0. The maximum atomic E-state index is 12.6. The van der Waals surface area contributed by atoms with Gasteiger partial charge in [0.1, 0.15) is 17.2 Å². The highest BCUT2D eigenvalue weighted by Crippen LogP contribution is 2.44. The van der Waals surface area contributed by atoms with Crippen molar-refractivity contribution in [3.05, 3.63) is 29.8 Å². The summed E-state index contributed by atoms with van der Waals surface area (Å²) >= 11 is 1.38. The van der Waals surface area contributed by atoms with Gasteiger partial charge in [-0.1, -0.05) is 46.7 Å². The average molecular weight is 374 g/mol. The molecular weight excluding hydrogens is 354 g/mol. The largest absolute Gasteiger partial charge is 0.508 e. The molecule has 0 saturated carbocycles. The molecule has 0 aromatic heterocycles. The predicted octanol–water partition coefficient (Wildman–Crippen LogP) is 3.21. The zero-order valence-electron chi connectivity index (χ0n) is 12.7. The van der Waals surface area contributed by atoms with Crippen molar-refractivity contribution in [3.63, 3.8) is 0 Å². The number of carboxylic acid groups (broad SMARTS) is 1. The zero-order chi connectivity index (χ0) is 16.8. The molecule has 1 saturated heterocycles. The number of carbonyl (C=O) groups excluding carboxylic acids is 1. The van der Waals surface area contributed by atoms with Crippen LogP contribution in [0.5, 0.6) is 5.75 Å². The van der Waals surface area contributed by atoms with Crippen molar-refractivity contribution in [1.29, 1.82) is 0 Å². The van der Waals surface area contributed by atoms with Crippen LogP contribution in [-0.2, 0) is 9.59 Å². The van der Waals surface area contributed by atoms with E-state index in [1.807, 2.05) is 6.92 Å². The smallest absolute Gasteiger partial charge is 0.327 e. The molecule has 1 heterocycles. The molecule has 1 aromatic carbocycles. The first-order chi connectivity index (χ1) is 11.1. The molecule has 23 heavy (non-hydrogen) atoms. The van der Waals surface area contributed by atoms with Crippen LogP contribution in [-0.4, -0.2) is 50.3 Å². The fraction of sp³-hybridized carbons (Fsp3) is 0.467. The van der Waals surface area contributed by atoms with E-state index in [-0.39, 0.29) is 11.7 Å². The third-order valence-corrected chi connectivity index (χ3v) is 7.16. The minimum Gasteiger partial charge on any atom is -0.508 e. The molecule has 8 heteroatoms. The quantitative estimate of drug-likeness (QED) is 0.561. The highest BCUT2D eigenvalue weighted by atomic mass is 33.1. The number of rotatable bonds is 7. The van der Waals surface area contributed by atoms with Gasteiger partial charge in [-0.05, 0) is 6.07 Å². The van der Waals surface area contributed by atoms with Crippen LogP contribution in [0.2, 0.25) is 0 Å². The van der Waals surface area contributed by atoms with Gasteiger partial charge in [-0.2, -0.15) is 0 Å². The van der Waals surface area contributed by atoms with Crippen LogP contribution >= 0.6 is 33.3 Å². The summed E-state index contributed by atoms with van der Waals surface area (Å²) in [5.41, 5.74) is 0.588. The van der Waals surface area contributed by atoms with E-state index in [4.69, 9.17) is 0 Å². The van der Waals surface area contributed by atoms with Gasteiger partial charge in [0.2, 0.25) is 5.91 Å². The van der Waals surface area contributed by atoms with Crippen molar-refractivity contribution >= 4 is 45.2 Å². The third-order valence-electron chi connectivity index (χ3n) is 3.38. The second-order valence-corrected chi connectivity index (χ2v) is 8.86. The number of phenolic OH excluding ortho intramolecular Hbond substituents is 1. The number of hydrogen-bond acceptors (Lipinski definition) is 6. The van der Waals surface area contributed by atoms with Gasteiger partial charge in [0, 0.05) is 29.2 Å². The molecule has 0 radical (unpaired) electrons. The van der Waals surface area contributed by atoms with E-state index in [9.17, 15) is 19.8 Å². The normalized spacial score (nSPS) is 20.7. The molecule has 1 aliphatic rings. The number of nitrogens with zero attached hydrogens (tertiary/aromatic N) is 1. The molecule has 2 atom stereocenters. The molecule has 1 aliphatic heterocycles. The Morgan fingerprint density at radius 2 is 2.09 bits per heavy atom. The van der Waals surface area contributed by atoms with Crippen LogP contribution < -0.4 is 0 Å². The maximum Gasteiger partial charge on any atom is 0.327 e. The number of thioether (sulfide) groups is 1. The Labute approximate surface area is 147 Å². The third kappa shape index (κ3) is 4.51. The Kier molecular flexibility index (Phi) is 6.98. The molecule has 0 bridgehead atoms. The van der Waals surface area contributed by atoms with E-state index in [1.165, 1.54) is 16.7 Å². The number of amides is 1. The van der Waals surface area contributed by atoms with Crippen molar-refractivity contribution < 1.29 is 19.8 Å². The van der Waals surface area contributed by atoms with Gasteiger partial charge >= 0.3 is 5.97 Å². The van der Waals surface area contributed by atoms with E-state index in [2.05, 4.69) is 0 Å². The van der Waals surface area contributed by atoms with Crippen molar-refractivity contribution in [1.82, 2.24) is 4.90 Å². The Balaban J connectivity index is 2.16. The lowest BCUT2D eigenvalue weighted by Crippen LogP contribution is -2.43. The van der Waals surface area contributed by atoms with Crippen LogP contribution in [0.1, 0.15) is 24.3 Å². The first-order valence-electron chi connectivity index (χ1n) is 7.24. The molecule has 1 unspecified atom stereocenters. The number of phenols is 1. The molecule has 126 valence electrons. The highest BCUT2D eigenvalue weighted by molar-refractivity contribution is 8.76. The lowest BCUT2D eigenvalue weighted by Gasteiger charge is -2.28. The Morgan fingerprint density at radius 1 is 1.35 bits per heavy atom. The Morgan fingerprint density at radius 3 is 2.74 bits per heavy atom. The number of carbonyl (C=O) groups is 2. The van der Waals surface area contributed by atoms with Gasteiger partial charge in [0.25, 0.3) is 0 Å². The van der Waals surface area contributed by atoms with Crippen LogP contribution in [0, 0.1) is 0 Å². The molecule has 0 aliphatic carbocycles. The maximum absolute atomic E-state index is 12.6. The van der Waals surface area contributed by atoms with Crippen molar-refractivity contribution in [2.24, 2.45) is 0 Å². The molecule has 1 fully saturated rings. The number of aliphatic carboxylic acids is 1. The Bertz CT molecular complexity index is 569. The summed E-state index contributed by atoms with van der Waals surface area (Å²) in [4.78, 5) is 25.5. The van der Waals surface area contributed by atoms with E-state index >= 15 is 0 Å². The van der Waals surface area contributed by atoms with Crippen molar-refractivity contribution in [2.75, 3.05) is 17.3 Å². The summed E-state index contributed by atoms with van der Waals surface area (Å²) in [5.74, 6) is 0.857. The summed E-state index contributed by atoms with van der Waals surface area (Å²) in [6.45, 7) is 2.05. The lowest BCUT2D eigenvalue weighted by atomic mass is 10.1. The van der Waals surface area contributed by atoms with Crippen molar-refractivity contribution in [2.45, 2.75) is 24.8 Å². The van der Waals surface area contributed by atoms with Crippen molar-refractivity contribution in [3.8, 4) is 5.75 Å². The van der Waals surface area contributed by atoms with Gasteiger partial charge < -0.3 is 15.1 Å². The summed E-state index contributed by atoms with van der Waals surface area (Å²) in [6.07, 6.45) is 0.298. The summed E-state index contributed by atoms with van der Waals surface area (Å²) < 4.78 is 0. The van der Waals surface area contributed by atoms with Gasteiger partial charge in [-0.15, -0.1) is 11.8 Å². The van der Waals surface area contributed by atoms with Crippen LogP contribution in [0.15, 0.2) is 24.3 Å². The molecule has 1 aromatic rings. The first kappa shape index (κ1) is 18.4. The number of para-hydroxylation sites is 1. The summed E-state index contributed by atoms with van der Waals surface area (Å²) in [6, 6.07) is 5.93. The summed E-state index contributed by atoms with van der Waals surface area (Å²) in [7, 11) is 3.30. The van der Waals surface area contributed by atoms with E-state index < -0.39 is 17.4 Å². The van der Waals surface area contributed by atoms with E-state index in [0.29, 0.717) is 23.5 Å². The minimum absolute atomic E-state index is 0.0877. The minimum atomic E-state index is -1.00. The number of hydrogen-bond donors (Lipinski definition) is 2. The SMILES string of the molecule is CCSSCCC(=O)N1C(c2ccccc2O)SC[C@H]1C(=O)O. The second kappa shape index (κ2) is 8.75. The van der Waals surface area contributed by atoms with Crippen LogP contribution in [0.4, 0.5) is 0 Å². The topological polar surface area (TPSA) is 77.8 Å².